The molecule has 1 amide bonds. The topological polar surface area (TPSA) is 53.7 Å². The number of nitrogens with zero attached hydrogens (tertiary/aromatic N) is 5. The molecule has 0 radical (unpaired) electrons. The molecule has 3 aromatic heterocycles. The number of carbonyl (C=O) groups is 1. The molecule has 0 aliphatic carbocycles. The zero-order valence-electron chi connectivity index (χ0n) is 19.0. The van der Waals surface area contributed by atoms with Gasteiger partial charge in [-0.3, -0.25) is 14.7 Å². The summed E-state index contributed by atoms with van der Waals surface area (Å²) < 4.78 is 2.10. The number of imidazole rings is 1. The molecule has 1 atom stereocenters. The Morgan fingerprint density at radius 2 is 1.88 bits per heavy atom. The highest BCUT2D eigenvalue weighted by atomic mass is 16.2. The molecule has 5 rings (SSSR count). The van der Waals surface area contributed by atoms with Crippen LogP contribution in [0.4, 0.5) is 0 Å². The first-order valence-corrected chi connectivity index (χ1v) is 11.7. The van der Waals surface area contributed by atoms with E-state index in [0.29, 0.717) is 18.8 Å². The Hall–Kier alpha value is -3.51. The Morgan fingerprint density at radius 3 is 2.67 bits per heavy atom. The molecule has 1 aliphatic heterocycles. The molecule has 33 heavy (non-hydrogen) atoms. The highest BCUT2D eigenvalue weighted by Gasteiger charge is 2.32. The fraction of sp³-hybridized carbons (Fsp3) is 0.296. The van der Waals surface area contributed by atoms with Crippen LogP contribution in [-0.2, 0) is 13.1 Å². The number of hydrogen-bond acceptors (Lipinski definition) is 4. The molecule has 1 saturated heterocycles. The second-order valence-corrected chi connectivity index (χ2v) is 8.53. The van der Waals surface area contributed by atoms with Crippen LogP contribution < -0.4 is 0 Å². The number of carbonyl (C=O) groups excluding carboxylic acids is 1. The summed E-state index contributed by atoms with van der Waals surface area (Å²) in [7, 11) is 0. The first-order valence-electron chi connectivity index (χ1n) is 11.7. The molecular formula is C27H29N5O. The fourth-order valence-corrected chi connectivity index (χ4v) is 4.74. The van der Waals surface area contributed by atoms with E-state index in [4.69, 9.17) is 4.98 Å². The third-order valence-corrected chi connectivity index (χ3v) is 6.42. The van der Waals surface area contributed by atoms with Crippen molar-refractivity contribution >= 4 is 11.4 Å². The quantitative estimate of drug-likeness (QED) is 0.418. The number of benzene rings is 1. The Morgan fingerprint density at radius 1 is 1.06 bits per heavy atom. The third kappa shape index (κ3) is 4.39. The highest BCUT2D eigenvalue weighted by molar-refractivity contribution is 5.99. The van der Waals surface area contributed by atoms with Gasteiger partial charge < -0.3 is 9.30 Å². The minimum atomic E-state index is -0.0226. The largest absolute Gasteiger partial charge is 0.333 e. The Balaban J connectivity index is 1.47. The van der Waals surface area contributed by atoms with Crippen LogP contribution in [0.5, 0.6) is 0 Å². The van der Waals surface area contributed by atoms with Crippen molar-refractivity contribution in [2.45, 2.75) is 38.9 Å². The van der Waals surface area contributed by atoms with E-state index in [0.717, 1.165) is 48.5 Å². The molecule has 1 aromatic carbocycles. The number of likely N-dealkylation sites (tertiary alicyclic amines) is 1. The lowest BCUT2D eigenvalue weighted by molar-refractivity contribution is 0.0749. The van der Waals surface area contributed by atoms with Crippen LogP contribution in [0.3, 0.4) is 0 Å². The van der Waals surface area contributed by atoms with Crippen LogP contribution >= 0.6 is 0 Å². The molecular weight excluding hydrogens is 410 g/mol. The van der Waals surface area contributed by atoms with Gasteiger partial charge in [-0.2, -0.15) is 0 Å². The van der Waals surface area contributed by atoms with Crippen LogP contribution in [0.15, 0.2) is 79.1 Å². The molecule has 6 heteroatoms. The van der Waals surface area contributed by atoms with Gasteiger partial charge in [0, 0.05) is 32.0 Å². The summed E-state index contributed by atoms with van der Waals surface area (Å²) in [6, 6.07) is 22.3. The lowest BCUT2D eigenvalue weighted by Gasteiger charge is -2.23. The zero-order valence-corrected chi connectivity index (χ0v) is 19.0. The zero-order chi connectivity index (χ0) is 22.6. The van der Waals surface area contributed by atoms with Crippen molar-refractivity contribution in [3.63, 3.8) is 0 Å². The maximum absolute atomic E-state index is 13.6. The van der Waals surface area contributed by atoms with Crippen LogP contribution in [0.1, 0.15) is 53.4 Å². The molecule has 0 unspecified atom stereocenters. The minimum Gasteiger partial charge on any atom is -0.333 e. The van der Waals surface area contributed by atoms with Gasteiger partial charge in [-0.25, -0.2) is 4.98 Å². The van der Waals surface area contributed by atoms with Gasteiger partial charge in [-0.05, 0) is 56.1 Å². The van der Waals surface area contributed by atoms with E-state index < -0.39 is 0 Å². The van der Waals surface area contributed by atoms with Gasteiger partial charge in [0.1, 0.15) is 5.82 Å². The Bertz CT molecular complexity index is 1220. The summed E-state index contributed by atoms with van der Waals surface area (Å²) in [4.78, 5) is 27.4. The van der Waals surface area contributed by atoms with E-state index in [1.807, 2.05) is 72.7 Å². The molecule has 0 bridgehead atoms. The maximum atomic E-state index is 13.6. The number of pyridine rings is 2. The highest BCUT2D eigenvalue weighted by Crippen LogP contribution is 2.33. The average molecular weight is 440 g/mol. The second-order valence-electron chi connectivity index (χ2n) is 8.53. The summed E-state index contributed by atoms with van der Waals surface area (Å²) in [5.74, 6) is 0.920. The SMILES string of the molecule is CCN(Cc1ccccc1)C(=O)c1nc([C@H]2CCCN2Cc2ccccn2)n2ccccc12. The van der Waals surface area contributed by atoms with Crippen LogP contribution in [0.25, 0.3) is 5.52 Å². The van der Waals surface area contributed by atoms with Crippen molar-refractivity contribution < 1.29 is 4.79 Å². The van der Waals surface area contributed by atoms with Crippen molar-refractivity contribution in [1.82, 2.24) is 24.2 Å². The number of rotatable bonds is 7. The van der Waals surface area contributed by atoms with Gasteiger partial charge in [-0.1, -0.05) is 42.5 Å². The van der Waals surface area contributed by atoms with Crippen LogP contribution in [-0.4, -0.2) is 43.2 Å². The molecule has 0 N–H and O–H groups in total. The van der Waals surface area contributed by atoms with E-state index in [2.05, 4.69) is 32.5 Å². The van der Waals surface area contributed by atoms with Crippen molar-refractivity contribution in [3.05, 3.63) is 102 Å². The Labute approximate surface area is 194 Å². The smallest absolute Gasteiger partial charge is 0.275 e. The summed E-state index contributed by atoms with van der Waals surface area (Å²) in [6.07, 6.45) is 6.00. The number of amides is 1. The lowest BCUT2D eigenvalue weighted by atomic mass is 10.2. The van der Waals surface area contributed by atoms with E-state index in [1.54, 1.807) is 0 Å². The monoisotopic (exact) mass is 439 g/mol. The van der Waals surface area contributed by atoms with Crippen LogP contribution in [0.2, 0.25) is 0 Å². The molecule has 0 spiro atoms. The summed E-state index contributed by atoms with van der Waals surface area (Å²) >= 11 is 0. The predicted molar refractivity (Wildman–Crippen MR) is 129 cm³/mol. The number of fused-ring (bicyclic) bond motifs is 1. The first-order chi connectivity index (χ1) is 16.2. The summed E-state index contributed by atoms with van der Waals surface area (Å²) in [5.41, 5.74) is 3.58. The molecule has 168 valence electrons. The molecule has 1 fully saturated rings. The van der Waals surface area contributed by atoms with Crippen LogP contribution in [0, 0.1) is 0 Å². The maximum Gasteiger partial charge on any atom is 0.275 e. The van der Waals surface area contributed by atoms with Gasteiger partial charge in [0.25, 0.3) is 5.91 Å². The fourth-order valence-electron chi connectivity index (χ4n) is 4.74. The van der Waals surface area contributed by atoms with Crippen molar-refractivity contribution in [1.29, 1.82) is 0 Å². The average Bonchev–Trinajstić information content (AvgIpc) is 3.48. The molecule has 0 saturated carbocycles. The van der Waals surface area contributed by atoms with E-state index in [9.17, 15) is 4.79 Å². The van der Waals surface area contributed by atoms with Crippen molar-refractivity contribution in [2.24, 2.45) is 0 Å². The van der Waals surface area contributed by atoms with Gasteiger partial charge in [0.05, 0.1) is 17.3 Å². The number of aromatic nitrogens is 3. The van der Waals surface area contributed by atoms with Gasteiger partial charge in [-0.15, -0.1) is 0 Å². The molecule has 6 nitrogen and oxygen atoms in total. The predicted octanol–water partition coefficient (Wildman–Crippen LogP) is 4.73. The molecule has 4 aromatic rings. The van der Waals surface area contributed by atoms with E-state index >= 15 is 0 Å². The van der Waals surface area contributed by atoms with E-state index in [-0.39, 0.29) is 11.9 Å². The Kier molecular flexibility index (Phi) is 6.17. The lowest BCUT2D eigenvalue weighted by Crippen LogP contribution is -2.31. The third-order valence-electron chi connectivity index (χ3n) is 6.42. The summed E-state index contributed by atoms with van der Waals surface area (Å²) in [5, 5.41) is 0. The van der Waals surface area contributed by atoms with Gasteiger partial charge in [0.2, 0.25) is 0 Å². The number of hydrogen-bond donors (Lipinski definition) is 0. The first kappa shape index (κ1) is 21.3. The van der Waals surface area contributed by atoms with Gasteiger partial charge >= 0.3 is 0 Å². The second kappa shape index (κ2) is 9.55. The van der Waals surface area contributed by atoms with E-state index in [1.165, 1.54) is 0 Å². The summed E-state index contributed by atoms with van der Waals surface area (Å²) in [6.45, 7) is 5.01. The standard InChI is InChI=1S/C27H29N5O/c1-2-30(19-21-11-4-3-5-12-21)27(33)25-23-14-7-9-18-32(23)26(29-25)24-15-10-17-31(24)20-22-13-6-8-16-28-22/h3-9,11-14,16,18,24H,2,10,15,17,19-20H2,1H3/t24-/m1/s1. The van der Waals surface area contributed by atoms with Crippen molar-refractivity contribution in [2.75, 3.05) is 13.1 Å². The van der Waals surface area contributed by atoms with Gasteiger partial charge in [0.15, 0.2) is 5.69 Å². The molecule has 4 heterocycles. The normalized spacial score (nSPS) is 16.3. The van der Waals surface area contributed by atoms with Crippen molar-refractivity contribution in [3.8, 4) is 0 Å². The minimum absolute atomic E-state index is 0.0226. The molecule has 1 aliphatic rings.